The van der Waals surface area contributed by atoms with E-state index in [-0.39, 0.29) is 6.61 Å². The standard InChI is InChI=1S/C26H31N3O3/c30-24(19-29-14-11-21-6-1-2-8-23(21)18-29)20-32-26-10-4-3-7-22(26)16-28-13-15-31-25-9-5-12-27-17-25/h1-10,12,17,24,28,30H,11,13-16,18-20H2. The lowest BCUT2D eigenvalue weighted by molar-refractivity contribution is 0.0634. The molecule has 0 saturated heterocycles. The molecule has 2 N–H and O–H groups in total. The van der Waals surface area contributed by atoms with Gasteiger partial charge in [0.05, 0.1) is 6.20 Å². The van der Waals surface area contributed by atoms with Gasteiger partial charge in [-0.15, -0.1) is 0 Å². The summed E-state index contributed by atoms with van der Waals surface area (Å²) in [7, 11) is 0. The van der Waals surface area contributed by atoms with Crippen molar-refractivity contribution in [1.82, 2.24) is 15.2 Å². The summed E-state index contributed by atoms with van der Waals surface area (Å²) in [6.45, 7) is 4.69. The van der Waals surface area contributed by atoms with Crippen molar-refractivity contribution < 1.29 is 14.6 Å². The van der Waals surface area contributed by atoms with Gasteiger partial charge in [-0.25, -0.2) is 0 Å². The van der Waals surface area contributed by atoms with Crippen molar-refractivity contribution in [2.45, 2.75) is 25.6 Å². The molecule has 1 atom stereocenters. The molecule has 1 aliphatic heterocycles. The minimum atomic E-state index is -0.533. The number of β-amino-alcohol motifs (C(OH)–C–C–N with tert-alkyl or cyclic N) is 1. The Bertz CT molecular complexity index is 967. The molecule has 1 aliphatic rings. The average molecular weight is 434 g/mol. The van der Waals surface area contributed by atoms with Crippen LogP contribution in [0.25, 0.3) is 0 Å². The maximum Gasteiger partial charge on any atom is 0.137 e. The molecule has 0 fully saturated rings. The SMILES string of the molecule is OC(COc1ccccc1CNCCOc1cccnc1)CN1CCc2ccccc2C1. The van der Waals surface area contributed by atoms with Crippen molar-refractivity contribution in [2.24, 2.45) is 0 Å². The zero-order chi connectivity index (χ0) is 22.0. The second-order valence-electron chi connectivity index (χ2n) is 8.04. The molecular formula is C26H31N3O3. The van der Waals surface area contributed by atoms with Gasteiger partial charge in [0.15, 0.2) is 0 Å². The van der Waals surface area contributed by atoms with Crippen molar-refractivity contribution in [2.75, 3.05) is 32.8 Å². The lowest BCUT2D eigenvalue weighted by Crippen LogP contribution is -2.38. The van der Waals surface area contributed by atoms with Gasteiger partial charge < -0.3 is 19.9 Å². The second-order valence-corrected chi connectivity index (χ2v) is 8.04. The summed E-state index contributed by atoms with van der Waals surface area (Å²) in [5, 5.41) is 13.9. The molecule has 0 amide bonds. The van der Waals surface area contributed by atoms with Gasteiger partial charge in [0.25, 0.3) is 0 Å². The molecule has 0 saturated carbocycles. The van der Waals surface area contributed by atoms with Gasteiger partial charge in [-0.1, -0.05) is 42.5 Å². The summed E-state index contributed by atoms with van der Waals surface area (Å²) in [6.07, 6.45) is 3.93. The molecule has 1 aromatic heterocycles. The summed E-state index contributed by atoms with van der Waals surface area (Å²) in [4.78, 5) is 6.34. The predicted octanol–water partition coefficient (Wildman–Crippen LogP) is 3.05. The Hall–Kier alpha value is -2.93. The van der Waals surface area contributed by atoms with Crippen molar-refractivity contribution in [3.8, 4) is 11.5 Å². The molecule has 6 heteroatoms. The number of hydrogen-bond donors (Lipinski definition) is 2. The second kappa shape index (κ2) is 11.6. The average Bonchev–Trinajstić information content (AvgIpc) is 2.84. The highest BCUT2D eigenvalue weighted by Crippen LogP contribution is 2.20. The number of hydrogen-bond acceptors (Lipinski definition) is 6. The van der Waals surface area contributed by atoms with E-state index in [1.807, 2.05) is 36.4 Å². The zero-order valence-corrected chi connectivity index (χ0v) is 18.3. The van der Waals surface area contributed by atoms with E-state index in [0.29, 0.717) is 26.2 Å². The first-order chi connectivity index (χ1) is 15.8. The van der Waals surface area contributed by atoms with Crippen molar-refractivity contribution >= 4 is 0 Å². The van der Waals surface area contributed by atoms with Crippen LogP contribution in [0.15, 0.2) is 73.1 Å². The zero-order valence-electron chi connectivity index (χ0n) is 18.3. The number of aliphatic hydroxyl groups is 1. The maximum absolute atomic E-state index is 10.6. The first-order valence-corrected chi connectivity index (χ1v) is 11.2. The molecule has 168 valence electrons. The van der Waals surface area contributed by atoms with Crippen LogP contribution in [0.3, 0.4) is 0 Å². The molecule has 0 bridgehead atoms. The molecule has 0 aliphatic carbocycles. The van der Waals surface area contributed by atoms with Crippen LogP contribution < -0.4 is 14.8 Å². The van der Waals surface area contributed by atoms with Crippen LogP contribution in [0.4, 0.5) is 0 Å². The molecule has 32 heavy (non-hydrogen) atoms. The predicted molar refractivity (Wildman–Crippen MR) is 125 cm³/mol. The summed E-state index contributed by atoms with van der Waals surface area (Å²) >= 11 is 0. The molecule has 4 rings (SSSR count). The number of nitrogens with one attached hydrogen (secondary N) is 1. The van der Waals surface area contributed by atoms with E-state index in [2.05, 4.69) is 39.5 Å². The lowest BCUT2D eigenvalue weighted by Gasteiger charge is -2.30. The van der Waals surface area contributed by atoms with Crippen LogP contribution in [0, 0.1) is 0 Å². The fourth-order valence-corrected chi connectivity index (χ4v) is 3.93. The minimum Gasteiger partial charge on any atom is -0.491 e. The molecule has 2 heterocycles. The van der Waals surface area contributed by atoms with Gasteiger partial charge in [0.2, 0.25) is 0 Å². The van der Waals surface area contributed by atoms with E-state index in [9.17, 15) is 5.11 Å². The smallest absolute Gasteiger partial charge is 0.137 e. The van der Waals surface area contributed by atoms with Crippen LogP contribution in [0.1, 0.15) is 16.7 Å². The van der Waals surface area contributed by atoms with E-state index in [1.165, 1.54) is 11.1 Å². The van der Waals surface area contributed by atoms with Crippen LogP contribution in [0.2, 0.25) is 0 Å². The van der Waals surface area contributed by atoms with Crippen LogP contribution >= 0.6 is 0 Å². The van der Waals surface area contributed by atoms with Gasteiger partial charge in [-0.05, 0) is 35.7 Å². The van der Waals surface area contributed by atoms with E-state index < -0.39 is 6.10 Å². The summed E-state index contributed by atoms with van der Waals surface area (Å²) in [6, 6.07) is 20.2. The first-order valence-electron chi connectivity index (χ1n) is 11.2. The number of para-hydroxylation sites is 1. The molecule has 0 radical (unpaired) electrons. The third kappa shape index (κ3) is 6.53. The Morgan fingerprint density at radius 3 is 2.72 bits per heavy atom. The van der Waals surface area contributed by atoms with Crippen LogP contribution in [-0.2, 0) is 19.5 Å². The van der Waals surface area contributed by atoms with Crippen molar-refractivity contribution in [3.05, 3.63) is 89.7 Å². The van der Waals surface area contributed by atoms with Gasteiger partial charge in [-0.2, -0.15) is 0 Å². The largest absolute Gasteiger partial charge is 0.491 e. The number of ether oxygens (including phenoxy) is 2. The maximum atomic E-state index is 10.6. The van der Waals surface area contributed by atoms with Gasteiger partial charge in [-0.3, -0.25) is 9.88 Å². The summed E-state index contributed by atoms with van der Waals surface area (Å²) in [5.74, 6) is 1.57. The van der Waals surface area contributed by atoms with E-state index in [1.54, 1.807) is 12.4 Å². The highest BCUT2D eigenvalue weighted by Gasteiger charge is 2.19. The summed E-state index contributed by atoms with van der Waals surface area (Å²) in [5.41, 5.74) is 3.84. The third-order valence-electron chi connectivity index (χ3n) is 5.58. The number of nitrogens with zero attached hydrogens (tertiary/aromatic N) is 2. The molecule has 2 aromatic carbocycles. The fourth-order valence-electron chi connectivity index (χ4n) is 3.93. The van der Waals surface area contributed by atoms with Gasteiger partial charge in [0, 0.05) is 44.5 Å². The summed E-state index contributed by atoms with van der Waals surface area (Å²) < 4.78 is 11.6. The Balaban J connectivity index is 1.19. The number of fused-ring (bicyclic) bond motifs is 1. The monoisotopic (exact) mass is 433 g/mol. The van der Waals surface area contributed by atoms with Crippen molar-refractivity contribution in [3.63, 3.8) is 0 Å². The first kappa shape index (κ1) is 22.3. The number of aromatic nitrogens is 1. The highest BCUT2D eigenvalue weighted by molar-refractivity contribution is 5.33. The van der Waals surface area contributed by atoms with Gasteiger partial charge in [0.1, 0.15) is 30.8 Å². The Labute approximate surface area is 189 Å². The Morgan fingerprint density at radius 1 is 1.00 bits per heavy atom. The molecule has 0 spiro atoms. The Morgan fingerprint density at radius 2 is 1.84 bits per heavy atom. The molecular weight excluding hydrogens is 402 g/mol. The topological polar surface area (TPSA) is 66.8 Å². The normalized spacial score (nSPS) is 14.5. The quantitative estimate of drug-likeness (QED) is 0.453. The van der Waals surface area contributed by atoms with Gasteiger partial charge >= 0.3 is 0 Å². The van der Waals surface area contributed by atoms with Crippen LogP contribution in [0.5, 0.6) is 11.5 Å². The van der Waals surface area contributed by atoms with Crippen molar-refractivity contribution in [1.29, 1.82) is 0 Å². The Kier molecular flexibility index (Phi) is 8.09. The molecule has 6 nitrogen and oxygen atoms in total. The third-order valence-corrected chi connectivity index (χ3v) is 5.58. The highest BCUT2D eigenvalue weighted by atomic mass is 16.5. The number of aliphatic hydroxyl groups excluding tert-OH is 1. The van der Waals surface area contributed by atoms with E-state index in [0.717, 1.165) is 36.6 Å². The lowest BCUT2D eigenvalue weighted by atomic mass is 10.00. The number of benzene rings is 2. The number of rotatable bonds is 11. The fraction of sp³-hybridized carbons (Fsp3) is 0.346. The molecule has 1 unspecified atom stereocenters. The number of pyridine rings is 1. The van der Waals surface area contributed by atoms with E-state index in [4.69, 9.17) is 9.47 Å². The van der Waals surface area contributed by atoms with E-state index >= 15 is 0 Å². The molecule has 3 aromatic rings. The van der Waals surface area contributed by atoms with Crippen LogP contribution in [-0.4, -0.2) is 53.9 Å². The minimum absolute atomic E-state index is 0.277.